The van der Waals surface area contributed by atoms with Crippen molar-refractivity contribution in [2.45, 2.75) is 26.4 Å². The van der Waals surface area contributed by atoms with Gasteiger partial charge in [0.05, 0.1) is 11.3 Å². The lowest BCUT2D eigenvalue weighted by Crippen LogP contribution is -2.24. The zero-order valence-electron chi connectivity index (χ0n) is 12.5. The Hall–Kier alpha value is -3.30. The number of benzene rings is 1. The summed E-state index contributed by atoms with van der Waals surface area (Å²) in [7, 11) is 0. The van der Waals surface area contributed by atoms with Gasteiger partial charge in [-0.05, 0) is 32.9 Å². The Morgan fingerprint density at radius 3 is 2.18 bits per heavy atom. The van der Waals surface area contributed by atoms with E-state index in [2.05, 4.69) is 5.32 Å². The second kappa shape index (κ2) is 6.92. The van der Waals surface area contributed by atoms with Crippen molar-refractivity contribution in [2.24, 2.45) is 0 Å². The predicted molar refractivity (Wildman–Crippen MR) is 79.1 cm³/mol. The fraction of sp³-hybridized carbons (Fsp3) is 0.250. The predicted octanol–water partition coefficient (Wildman–Crippen LogP) is 2.88. The minimum atomic E-state index is -0.664. The number of ether oxygens (including phenoxy) is 1. The quantitative estimate of drug-likeness (QED) is 0.678. The molecule has 1 N–H and O–H groups in total. The molecule has 6 nitrogen and oxygen atoms in total. The van der Waals surface area contributed by atoms with Gasteiger partial charge in [-0.1, -0.05) is 12.1 Å². The number of hydrogen-bond donors (Lipinski definition) is 1. The summed E-state index contributed by atoms with van der Waals surface area (Å²) >= 11 is 0. The Kier molecular flexibility index (Phi) is 5.27. The Morgan fingerprint density at radius 2 is 1.68 bits per heavy atom. The Balaban J connectivity index is 3.22. The topological polar surface area (TPSA) is 110 Å². The van der Waals surface area contributed by atoms with Gasteiger partial charge in [0, 0.05) is 0 Å². The number of nitrogens with one attached hydrogen (secondary N) is 1. The summed E-state index contributed by atoms with van der Waals surface area (Å²) < 4.78 is 5.28. The van der Waals surface area contributed by atoms with Gasteiger partial charge in [0.15, 0.2) is 5.57 Å². The molecule has 0 fully saturated rings. The highest BCUT2D eigenvalue weighted by Crippen LogP contribution is 2.21. The summed E-state index contributed by atoms with van der Waals surface area (Å²) in [6.07, 6.45) is 0. The molecule has 0 unspecified atom stereocenters. The number of nitriles is 3. The number of carbonyl (C=O) groups is 1. The molecule has 6 heteroatoms. The van der Waals surface area contributed by atoms with Crippen LogP contribution in [-0.4, -0.2) is 11.6 Å². The van der Waals surface area contributed by atoms with Gasteiger partial charge in [-0.15, -0.1) is 0 Å². The fourth-order valence-electron chi connectivity index (χ4n) is 1.52. The van der Waals surface area contributed by atoms with Crippen LogP contribution < -0.4 is 5.32 Å². The van der Waals surface area contributed by atoms with E-state index in [4.69, 9.17) is 20.5 Å². The van der Waals surface area contributed by atoms with Gasteiger partial charge in [-0.2, -0.15) is 15.8 Å². The lowest BCUT2D eigenvalue weighted by molar-refractivity contribution is 0.00707. The molecule has 0 spiro atoms. The van der Waals surface area contributed by atoms with E-state index in [0.29, 0.717) is 0 Å². The molecule has 1 rings (SSSR count). The molecular weight excluding hydrogens is 280 g/mol. The third kappa shape index (κ3) is 4.37. The summed E-state index contributed by atoms with van der Waals surface area (Å²) in [6.45, 7) is 5.22. The van der Waals surface area contributed by atoms with E-state index in [0.717, 1.165) is 0 Å². The van der Waals surface area contributed by atoms with Crippen LogP contribution in [0.4, 0.5) is 5.69 Å². The van der Waals surface area contributed by atoms with Crippen molar-refractivity contribution in [2.75, 3.05) is 5.32 Å². The summed E-state index contributed by atoms with van der Waals surface area (Å²) in [4.78, 5) is 12.2. The van der Waals surface area contributed by atoms with Gasteiger partial charge in [-0.3, -0.25) is 0 Å². The monoisotopic (exact) mass is 294 g/mol. The molecule has 0 bridgehead atoms. The van der Waals surface area contributed by atoms with Crippen LogP contribution in [0.15, 0.2) is 35.5 Å². The summed E-state index contributed by atoms with van der Waals surface area (Å²) in [5.41, 5.74) is -0.748. The number of para-hydroxylation sites is 1. The molecule has 0 amide bonds. The Bertz CT molecular complexity index is 721. The van der Waals surface area contributed by atoms with E-state index in [-0.39, 0.29) is 22.5 Å². The zero-order valence-corrected chi connectivity index (χ0v) is 12.5. The van der Waals surface area contributed by atoms with Crippen molar-refractivity contribution in [3.8, 4) is 18.2 Å². The Morgan fingerprint density at radius 1 is 1.09 bits per heavy atom. The number of nitrogens with zero attached hydrogens (tertiary/aromatic N) is 3. The number of rotatable bonds is 3. The van der Waals surface area contributed by atoms with Gasteiger partial charge in [0.1, 0.15) is 29.5 Å². The van der Waals surface area contributed by atoms with Crippen molar-refractivity contribution in [3.05, 3.63) is 41.1 Å². The molecule has 0 saturated heterocycles. The molecule has 0 aliphatic rings. The standard InChI is InChI=1S/C16H14N4O2/c1-16(2,3)22-15(21)12-6-4-5-7-13(12)20-14(10-19)11(8-17)9-18/h4-7,20H,1-3H3. The highest BCUT2D eigenvalue weighted by Gasteiger charge is 2.20. The first-order chi connectivity index (χ1) is 10.3. The lowest BCUT2D eigenvalue weighted by atomic mass is 10.1. The highest BCUT2D eigenvalue weighted by molar-refractivity contribution is 5.96. The second-order valence-electron chi connectivity index (χ2n) is 5.26. The van der Waals surface area contributed by atoms with Crippen molar-refractivity contribution >= 4 is 11.7 Å². The molecule has 22 heavy (non-hydrogen) atoms. The number of carbonyl (C=O) groups excluding carboxylic acids is 1. The average molecular weight is 294 g/mol. The second-order valence-corrected chi connectivity index (χ2v) is 5.26. The molecular formula is C16H14N4O2. The summed E-state index contributed by atoms with van der Waals surface area (Å²) in [5.74, 6) is -0.566. The molecule has 0 aromatic heterocycles. The first-order valence-corrected chi connectivity index (χ1v) is 6.36. The molecule has 110 valence electrons. The maximum Gasteiger partial charge on any atom is 0.340 e. The van der Waals surface area contributed by atoms with Crippen molar-refractivity contribution in [1.82, 2.24) is 0 Å². The van der Waals surface area contributed by atoms with Crippen molar-refractivity contribution in [1.29, 1.82) is 15.8 Å². The lowest BCUT2D eigenvalue weighted by Gasteiger charge is -2.20. The van der Waals surface area contributed by atoms with Crippen LogP contribution >= 0.6 is 0 Å². The number of anilines is 1. The fourth-order valence-corrected chi connectivity index (χ4v) is 1.52. The third-order valence-corrected chi connectivity index (χ3v) is 2.39. The van der Waals surface area contributed by atoms with Crippen LogP contribution in [0.2, 0.25) is 0 Å². The first-order valence-electron chi connectivity index (χ1n) is 6.36. The highest BCUT2D eigenvalue weighted by atomic mass is 16.6. The molecule has 0 atom stereocenters. The Labute approximate surface area is 128 Å². The minimum absolute atomic E-state index is 0.209. The van der Waals surface area contributed by atoms with E-state index >= 15 is 0 Å². The smallest absolute Gasteiger partial charge is 0.340 e. The van der Waals surface area contributed by atoms with Crippen molar-refractivity contribution < 1.29 is 9.53 Å². The van der Waals surface area contributed by atoms with Crippen LogP contribution in [0.3, 0.4) is 0 Å². The van der Waals surface area contributed by atoms with E-state index in [1.807, 2.05) is 0 Å². The summed E-state index contributed by atoms with van der Waals surface area (Å²) in [5, 5.41) is 29.3. The van der Waals surface area contributed by atoms with Gasteiger partial charge in [0.25, 0.3) is 0 Å². The maximum absolute atomic E-state index is 12.2. The molecule has 0 aliphatic carbocycles. The number of hydrogen-bond acceptors (Lipinski definition) is 6. The average Bonchev–Trinajstić information content (AvgIpc) is 2.46. The van der Waals surface area contributed by atoms with Crippen LogP contribution in [0, 0.1) is 34.0 Å². The molecule has 0 aliphatic heterocycles. The van der Waals surface area contributed by atoms with Crippen LogP contribution in [0.5, 0.6) is 0 Å². The van der Waals surface area contributed by atoms with E-state index in [1.165, 1.54) is 6.07 Å². The van der Waals surface area contributed by atoms with Crippen molar-refractivity contribution in [3.63, 3.8) is 0 Å². The third-order valence-electron chi connectivity index (χ3n) is 2.39. The van der Waals surface area contributed by atoms with E-state index < -0.39 is 11.6 Å². The summed E-state index contributed by atoms with van der Waals surface area (Å²) in [6, 6.07) is 11.4. The molecule has 1 aromatic carbocycles. The number of esters is 1. The van der Waals surface area contributed by atoms with Gasteiger partial charge in [0.2, 0.25) is 0 Å². The SMILES string of the molecule is CC(C)(C)OC(=O)c1ccccc1NC(C#N)=C(C#N)C#N. The normalized spacial score (nSPS) is 9.64. The van der Waals surface area contributed by atoms with Gasteiger partial charge < -0.3 is 10.1 Å². The zero-order chi connectivity index (χ0) is 16.8. The van der Waals surface area contributed by atoms with Crippen LogP contribution in [0.1, 0.15) is 31.1 Å². The maximum atomic E-state index is 12.2. The molecule has 0 saturated carbocycles. The molecule has 0 radical (unpaired) electrons. The number of allylic oxidation sites excluding steroid dienone is 2. The molecule has 0 heterocycles. The van der Waals surface area contributed by atoms with E-state index in [9.17, 15) is 4.79 Å². The molecule has 1 aromatic rings. The van der Waals surface area contributed by atoms with Crippen LogP contribution in [-0.2, 0) is 4.74 Å². The van der Waals surface area contributed by atoms with Gasteiger partial charge in [-0.25, -0.2) is 4.79 Å². The largest absolute Gasteiger partial charge is 0.456 e. The van der Waals surface area contributed by atoms with E-state index in [1.54, 1.807) is 57.2 Å². The minimum Gasteiger partial charge on any atom is -0.456 e. The van der Waals surface area contributed by atoms with Crippen LogP contribution in [0.25, 0.3) is 0 Å². The van der Waals surface area contributed by atoms with Gasteiger partial charge >= 0.3 is 5.97 Å². The first kappa shape index (κ1) is 16.8.